The number of carbonyl (C=O) groups is 1. The molecular weight excluding hydrogens is 482 g/mol. The monoisotopic (exact) mass is 505 g/mol. The third kappa shape index (κ3) is 6.22. The van der Waals surface area contributed by atoms with Crippen molar-refractivity contribution in [2.75, 3.05) is 13.7 Å². The third-order valence-corrected chi connectivity index (χ3v) is 5.97. The summed E-state index contributed by atoms with van der Waals surface area (Å²) in [5, 5.41) is 14.1. The third-order valence-electron chi connectivity index (χ3n) is 5.06. The summed E-state index contributed by atoms with van der Waals surface area (Å²) in [5.41, 5.74) is 2.28. The fraction of sp³-hybridized carbons (Fsp3) is 0.154. The standard InChI is InChI=1S/C26H23N3O6S/c1-3-34-23-14-18(6-13-22(23)35-16-17-4-9-20(10-5-17)29(31)32)15-24-25(30)28-26(36-24)27-19-7-11-21(33-2)12-8-19/h4-15H,3,16H2,1-2H3,(H,27,28,30)/b24-15-. The van der Waals surface area contributed by atoms with Crippen LogP contribution in [-0.4, -0.2) is 29.7 Å². The van der Waals surface area contributed by atoms with Crippen molar-refractivity contribution in [3.63, 3.8) is 0 Å². The van der Waals surface area contributed by atoms with E-state index in [0.717, 1.165) is 16.9 Å². The number of non-ortho nitro benzene ring substituents is 1. The van der Waals surface area contributed by atoms with Gasteiger partial charge in [0.25, 0.3) is 11.6 Å². The van der Waals surface area contributed by atoms with Gasteiger partial charge in [-0.15, -0.1) is 0 Å². The average Bonchev–Trinajstić information content (AvgIpc) is 3.22. The second kappa shape index (κ2) is 11.4. The largest absolute Gasteiger partial charge is 0.497 e. The Labute approximate surface area is 211 Å². The number of hydrogen-bond donors (Lipinski definition) is 1. The molecule has 1 saturated heterocycles. The van der Waals surface area contributed by atoms with Gasteiger partial charge in [0.05, 0.1) is 29.2 Å². The van der Waals surface area contributed by atoms with Gasteiger partial charge in [-0.3, -0.25) is 14.9 Å². The highest BCUT2D eigenvalue weighted by Crippen LogP contribution is 2.33. The number of nitro groups is 1. The highest BCUT2D eigenvalue weighted by atomic mass is 32.2. The minimum absolute atomic E-state index is 0.0252. The fourth-order valence-corrected chi connectivity index (χ4v) is 4.12. The van der Waals surface area contributed by atoms with E-state index in [4.69, 9.17) is 14.2 Å². The highest BCUT2D eigenvalue weighted by molar-refractivity contribution is 8.18. The summed E-state index contributed by atoms with van der Waals surface area (Å²) in [7, 11) is 1.60. The van der Waals surface area contributed by atoms with Gasteiger partial charge in [-0.1, -0.05) is 6.07 Å². The summed E-state index contributed by atoms with van der Waals surface area (Å²) in [6.07, 6.45) is 1.76. The van der Waals surface area contributed by atoms with E-state index in [1.54, 1.807) is 49.6 Å². The van der Waals surface area contributed by atoms with Crippen molar-refractivity contribution in [3.05, 3.63) is 92.9 Å². The lowest BCUT2D eigenvalue weighted by Gasteiger charge is -2.13. The van der Waals surface area contributed by atoms with E-state index < -0.39 is 4.92 Å². The first-order chi connectivity index (χ1) is 17.4. The van der Waals surface area contributed by atoms with Crippen molar-refractivity contribution in [1.29, 1.82) is 0 Å². The van der Waals surface area contributed by atoms with E-state index >= 15 is 0 Å². The summed E-state index contributed by atoms with van der Waals surface area (Å²) in [4.78, 5) is 27.8. The molecule has 0 unspecified atom stereocenters. The first kappa shape index (κ1) is 24.8. The first-order valence-electron chi connectivity index (χ1n) is 11.0. The van der Waals surface area contributed by atoms with Crippen molar-refractivity contribution >= 4 is 40.3 Å². The van der Waals surface area contributed by atoms with Crippen LogP contribution < -0.4 is 19.5 Å². The van der Waals surface area contributed by atoms with E-state index in [1.807, 2.05) is 25.1 Å². The number of nitrogens with zero attached hydrogens (tertiary/aromatic N) is 2. The molecule has 4 rings (SSSR count). The lowest BCUT2D eigenvalue weighted by atomic mass is 10.1. The second-order valence-electron chi connectivity index (χ2n) is 7.53. The molecule has 1 amide bonds. The average molecular weight is 506 g/mol. The summed E-state index contributed by atoms with van der Waals surface area (Å²) < 4.78 is 16.8. The second-order valence-corrected chi connectivity index (χ2v) is 8.56. The number of nitrogens with one attached hydrogen (secondary N) is 1. The van der Waals surface area contributed by atoms with Crippen LogP contribution in [0.1, 0.15) is 18.1 Å². The minimum Gasteiger partial charge on any atom is -0.497 e. The summed E-state index contributed by atoms with van der Waals surface area (Å²) in [5.74, 6) is 1.56. The highest BCUT2D eigenvalue weighted by Gasteiger charge is 2.24. The molecule has 0 radical (unpaired) electrons. The van der Waals surface area contributed by atoms with E-state index in [0.29, 0.717) is 33.9 Å². The van der Waals surface area contributed by atoms with Crippen LogP contribution in [0.5, 0.6) is 17.2 Å². The van der Waals surface area contributed by atoms with Crippen molar-refractivity contribution in [3.8, 4) is 17.2 Å². The van der Waals surface area contributed by atoms with Crippen LogP contribution >= 0.6 is 11.8 Å². The number of thioether (sulfide) groups is 1. The molecule has 9 nitrogen and oxygen atoms in total. The molecule has 1 fully saturated rings. The van der Waals surface area contributed by atoms with Gasteiger partial charge in [-0.25, -0.2) is 4.99 Å². The molecule has 1 heterocycles. The number of carbonyl (C=O) groups excluding carboxylic acids is 1. The molecule has 0 saturated carbocycles. The fourth-order valence-electron chi connectivity index (χ4n) is 3.28. The molecule has 0 spiro atoms. The Balaban J connectivity index is 1.47. The van der Waals surface area contributed by atoms with Crippen molar-refractivity contribution in [2.45, 2.75) is 13.5 Å². The lowest BCUT2D eigenvalue weighted by molar-refractivity contribution is -0.384. The molecule has 0 bridgehead atoms. The quantitative estimate of drug-likeness (QED) is 0.233. The zero-order chi connectivity index (χ0) is 25.5. The molecule has 0 atom stereocenters. The summed E-state index contributed by atoms with van der Waals surface area (Å²) in [6.45, 7) is 2.52. The molecule has 36 heavy (non-hydrogen) atoms. The Hall–Kier alpha value is -4.31. The molecule has 1 aliphatic rings. The Morgan fingerprint density at radius 2 is 1.78 bits per heavy atom. The predicted molar refractivity (Wildman–Crippen MR) is 139 cm³/mol. The summed E-state index contributed by atoms with van der Waals surface area (Å²) in [6, 6.07) is 18.8. The van der Waals surface area contributed by atoms with Gasteiger partial charge in [0.2, 0.25) is 0 Å². The van der Waals surface area contributed by atoms with E-state index in [2.05, 4.69) is 10.3 Å². The number of rotatable bonds is 9. The maximum atomic E-state index is 12.5. The first-order valence-corrected chi connectivity index (χ1v) is 11.8. The van der Waals surface area contributed by atoms with Gasteiger partial charge >= 0.3 is 0 Å². The van der Waals surface area contributed by atoms with Crippen LogP contribution in [-0.2, 0) is 11.4 Å². The number of amides is 1. The Morgan fingerprint density at radius 3 is 2.44 bits per heavy atom. The lowest BCUT2D eigenvalue weighted by Crippen LogP contribution is -2.19. The summed E-state index contributed by atoms with van der Waals surface area (Å²) >= 11 is 1.25. The van der Waals surface area contributed by atoms with Gasteiger partial charge in [0.15, 0.2) is 16.7 Å². The molecule has 0 aliphatic carbocycles. The number of methoxy groups -OCH3 is 1. The minimum atomic E-state index is -0.443. The normalized spacial score (nSPS) is 15.1. The zero-order valence-electron chi connectivity index (χ0n) is 19.6. The smallest absolute Gasteiger partial charge is 0.269 e. The zero-order valence-corrected chi connectivity index (χ0v) is 20.4. The number of amidine groups is 1. The van der Waals surface area contributed by atoms with Crippen molar-refractivity contribution in [2.24, 2.45) is 4.99 Å². The number of aliphatic imine (C=N–C) groups is 1. The molecule has 1 aliphatic heterocycles. The SMILES string of the molecule is CCOc1cc(/C=C2\SC(=Nc3ccc(OC)cc3)NC2=O)ccc1OCc1ccc([N+](=O)[O-])cc1. The van der Waals surface area contributed by atoms with Gasteiger partial charge in [0.1, 0.15) is 12.4 Å². The number of hydrogen-bond acceptors (Lipinski definition) is 8. The van der Waals surface area contributed by atoms with E-state index in [1.165, 1.54) is 23.9 Å². The van der Waals surface area contributed by atoms with Gasteiger partial charge < -0.3 is 19.5 Å². The van der Waals surface area contributed by atoms with Gasteiger partial charge in [-0.05, 0) is 84.4 Å². The molecule has 10 heteroatoms. The maximum absolute atomic E-state index is 12.5. The number of benzene rings is 3. The topological polar surface area (TPSA) is 112 Å². The molecule has 3 aromatic carbocycles. The van der Waals surface area contributed by atoms with Crippen LogP contribution in [0.15, 0.2) is 76.6 Å². The van der Waals surface area contributed by atoms with E-state index in [-0.39, 0.29) is 18.2 Å². The Bertz CT molecular complexity index is 1320. The van der Waals surface area contributed by atoms with Crippen LogP contribution in [0.25, 0.3) is 6.08 Å². The Kier molecular flexibility index (Phi) is 7.86. The number of ether oxygens (including phenoxy) is 3. The van der Waals surface area contributed by atoms with Crippen LogP contribution in [0, 0.1) is 10.1 Å². The van der Waals surface area contributed by atoms with Crippen LogP contribution in [0.2, 0.25) is 0 Å². The molecule has 3 aromatic rings. The predicted octanol–water partition coefficient (Wildman–Crippen LogP) is 5.47. The maximum Gasteiger partial charge on any atom is 0.269 e. The van der Waals surface area contributed by atoms with Crippen LogP contribution in [0.3, 0.4) is 0 Å². The van der Waals surface area contributed by atoms with Crippen molar-refractivity contribution < 1.29 is 23.9 Å². The number of nitro benzene ring substituents is 1. The molecule has 1 N–H and O–H groups in total. The van der Waals surface area contributed by atoms with Gasteiger partial charge in [-0.2, -0.15) is 0 Å². The molecular formula is C26H23N3O6S. The van der Waals surface area contributed by atoms with E-state index in [9.17, 15) is 14.9 Å². The molecule has 0 aromatic heterocycles. The van der Waals surface area contributed by atoms with Crippen LogP contribution in [0.4, 0.5) is 11.4 Å². The van der Waals surface area contributed by atoms with Crippen molar-refractivity contribution in [1.82, 2.24) is 5.32 Å². The Morgan fingerprint density at radius 1 is 1.03 bits per heavy atom. The van der Waals surface area contributed by atoms with Gasteiger partial charge in [0, 0.05) is 12.1 Å². The molecule has 184 valence electrons.